The van der Waals surface area contributed by atoms with Crippen LogP contribution in [-0.2, 0) is 11.3 Å². The van der Waals surface area contributed by atoms with Crippen molar-refractivity contribution in [2.45, 2.75) is 43.6 Å². The number of aryl methyl sites for hydroxylation is 1. The Balaban J connectivity index is 1.60. The third-order valence-electron chi connectivity index (χ3n) is 5.04. The van der Waals surface area contributed by atoms with Gasteiger partial charge in [-0.1, -0.05) is 49.9 Å². The molecule has 0 aliphatic rings. The largest absolute Gasteiger partial charge is 0.325 e. The van der Waals surface area contributed by atoms with Crippen molar-refractivity contribution < 1.29 is 9.72 Å². The Morgan fingerprint density at radius 1 is 1.19 bits per heavy atom. The van der Waals surface area contributed by atoms with Gasteiger partial charge in [0.15, 0.2) is 5.65 Å². The SMILES string of the molecule is CCCn1c2ccccc2c2nnc(SC(CC)C(=O)Nc3cccc([N+](=O)[O-])c3)nc21. The highest BCUT2D eigenvalue weighted by atomic mass is 32.2. The van der Waals surface area contributed by atoms with E-state index in [0.717, 1.165) is 35.0 Å². The highest BCUT2D eigenvalue weighted by Gasteiger charge is 2.22. The van der Waals surface area contributed by atoms with Crippen LogP contribution in [-0.4, -0.2) is 35.8 Å². The number of nitrogens with one attached hydrogen (secondary N) is 1. The van der Waals surface area contributed by atoms with Crippen LogP contribution in [0.4, 0.5) is 11.4 Å². The molecule has 9 nitrogen and oxygen atoms in total. The number of hydrogen-bond donors (Lipinski definition) is 1. The molecule has 0 saturated heterocycles. The van der Waals surface area contributed by atoms with Crippen molar-refractivity contribution in [3.8, 4) is 0 Å². The summed E-state index contributed by atoms with van der Waals surface area (Å²) in [7, 11) is 0. The van der Waals surface area contributed by atoms with Gasteiger partial charge in [0.25, 0.3) is 5.69 Å². The number of anilines is 1. The molecule has 2 aromatic carbocycles. The lowest BCUT2D eigenvalue weighted by atomic mass is 10.2. The lowest BCUT2D eigenvalue weighted by Gasteiger charge is -2.13. The molecule has 1 amide bonds. The molecule has 0 saturated carbocycles. The molecule has 0 fully saturated rings. The molecule has 0 aliphatic carbocycles. The fourth-order valence-electron chi connectivity index (χ4n) is 3.56. The number of amides is 1. The summed E-state index contributed by atoms with van der Waals surface area (Å²) in [6.45, 7) is 4.80. The van der Waals surface area contributed by atoms with Crippen molar-refractivity contribution in [1.82, 2.24) is 19.7 Å². The van der Waals surface area contributed by atoms with Crippen molar-refractivity contribution in [3.05, 3.63) is 58.6 Å². The zero-order valence-electron chi connectivity index (χ0n) is 17.7. The van der Waals surface area contributed by atoms with Crippen LogP contribution >= 0.6 is 11.8 Å². The number of benzene rings is 2. The van der Waals surface area contributed by atoms with E-state index in [0.29, 0.717) is 17.3 Å². The van der Waals surface area contributed by atoms with E-state index >= 15 is 0 Å². The Morgan fingerprint density at radius 3 is 2.75 bits per heavy atom. The molecule has 2 aromatic heterocycles. The van der Waals surface area contributed by atoms with Gasteiger partial charge in [-0.2, -0.15) is 0 Å². The second-order valence-corrected chi connectivity index (χ2v) is 8.42. The summed E-state index contributed by atoms with van der Waals surface area (Å²) in [5.74, 6) is -0.268. The number of fused-ring (bicyclic) bond motifs is 3. The first-order valence-electron chi connectivity index (χ1n) is 10.4. The molecule has 4 rings (SSSR count). The molecular formula is C22H22N6O3S. The molecule has 0 spiro atoms. The van der Waals surface area contributed by atoms with Crippen molar-refractivity contribution in [2.24, 2.45) is 0 Å². The first-order chi connectivity index (χ1) is 15.5. The lowest BCUT2D eigenvalue weighted by molar-refractivity contribution is -0.384. The average Bonchev–Trinajstić information content (AvgIpc) is 3.11. The van der Waals surface area contributed by atoms with Crippen molar-refractivity contribution in [3.63, 3.8) is 0 Å². The molecule has 4 aromatic rings. The van der Waals surface area contributed by atoms with Gasteiger partial charge in [0.05, 0.1) is 15.7 Å². The molecule has 2 heterocycles. The lowest BCUT2D eigenvalue weighted by Crippen LogP contribution is -2.25. The number of carbonyl (C=O) groups is 1. The molecule has 1 N–H and O–H groups in total. The third-order valence-corrected chi connectivity index (χ3v) is 6.25. The van der Waals surface area contributed by atoms with Gasteiger partial charge < -0.3 is 9.88 Å². The van der Waals surface area contributed by atoms with Gasteiger partial charge in [-0.25, -0.2) is 4.98 Å². The number of thioether (sulfide) groups is 1. The molecule has 0 bridgehead atoms. The minimum absolute atomic E-state index is 0.0785. The Labute approximate surface area is 188 Å². The zero-order valence-corrected chi connectivity index (χ0v) is 18.5. The number of non-ortho nitro benzene ring substituents is 1. The van der Waals surface area contributed by atoms with Crippen LogP contribution in [0.5, 0.6) is 0 Å². The minimum Gasteiger partial charge on any atom is -0.325 e. The average molecular weight is 451 g/mol. The van der Waals surface area contributed by atoms with Gasteiger partial charge in [-0.15, -0.1) is 10.2 Å². The maximum atomic E-state index is 12.8. The number of aromatic nitrogens is 4. The minimum atomic E-state index is -0.494. The number of nitrogens with zero attached hydrogens (tertiary/aromatic N) is 5. The molecule has 0 radical (unpaired) electrons. The number of rotatable bonds is 8. The van der Waals surface area contributed by atoms with Crippen LogP contribution in [0.15, 0.2) is 53.7 Å². The summed E-state index contributed by atoms with van der Waals surface area (Å²) in [6, 6.07) is 13.9. The number of nitro groups is 1. The quantitative estimate of drug-likeness (QED) is 0.233. The van der Waals surface area contributed by atoms with Crippen LogP contribution in [0.25, 0.3) is 22.1 Å². The van der Waals surface area contributed by atoms with Crippen LogP contribution in [0.2, 0.25) is 0 Å². The van der Waals surface area contributed by atoms with Gasteiger partial charge in [0, 0.05) is 29.8 Å². The smallest absolute Gasteiger partial charge is 0.271 e. The van der Waals surface area contributed by atoms with E-state index in [-0.39, 0.29) is 11.6 Å². The van der Waals surface area contributed by atoms with E-state index in [1.807, 2.05) is 31.2 Å². The summed E-state index contributed by atoms with van der Waals surface area (Å²) in [4.78, 5) is 28.0. The molecule has 164 valence electrons. The number of nitro benzene ring substituents is 1. The summed E-state index contributed by atoms with van der Waals surface area (Å²) >= 11 is 1.23. The Bertz CT molecular complexity index is 1310. The molecule has 0 aliphatic heterocycles. The summed E-state index contributed by atoms with van der Waals surface area (Å²) < 4.78 is 2.13. The van der Waals surface area contributed by atoms with E-state index in [1.54, 1.807) is 6.07 Å². The standard InChI is InChI=1S/C22H22N6O3S/c1-3-12-27-17-11-6-5-10-16(17)19-20(27)24-22(26-25-19)32-18(4-2)21(29)23-14-8-7-9-15(13-14)28(30)31/h5-11,13,18H,3-4,12H2,1-2H3,(H,23,29). The van der Waals surface area contributed by atoms with Gasteiger partial charge in [-0.3, -0.25) is 14.9 Å². The van der Waals surface area contributed by atoms with Crippen molar-refractivity contribution in [1.29, 1.82) is 0 Å². The molecule has 1 atom stereocenters. The second-order valence-electron chi connectivity index (χ2n) is 7.25. The fraction of sp³-hybridized carbons (Fsp3) is 0.273. The van der Waals surface area contributed by atoms with Gasteiger partial charge in [0.2, 0.25) is 11.1 Å². The first kappa shape index (κ1) is 21.7. The van der Waals surface area contributed by atoms with E-state index in [4.69, 9.17) is 4.98 Å². The summed E-state index contributed by atoms with van der Waals surface area (Å²) in [5.41, 5.74) is 2.85. The predicted octanol–water partition coefficient (Wildman–Crippen LogP) is 4.81. The second kappa shape index (κ2) is 9.31. The van der Waals surface area contributed by atoms with Crippen LogP contribution < -0.4 is 5.32 Å². The maximum Gasteiger partial charge on any atom is 0.271 e. The van der Waals surface area contributed by atoms with Crippen molar-refractivity contribution >= 4 is 51.1 Å². The number of hydrogen-bond acceptors (Lipinski definition) is 7. The molecular weight excluding hydrogens is 428 g/mol. The van der Waals surface area contributed by atoms with E-state index in [9.17, 15) is 14.9 Å². The zero-order chi connectivity index (χ0) is 22.7. The molecule has 32 heavy (non-hydrogen) atoms. The van der Waals surface area contributed by atoms with Crippen molar-refractivity contribution in [2.75, 3.05) is 5.32 Å². The van der Waals surface area contributed by atoms with Crippen LogP contribution in [0.3, 0.4) is 0 Å². The van der Waals surface area contributed by atoms with Gasteiger partial charge in [-0.05, 0) is 25.0 Å². The molecule has 1 unspecified atom stereocenters. The molecule has 10 heteroatoms. The number of carbonyl (C=O) groups excluding carboxylic acids is 1. The first-order valence-corrected chi connectivity index (χ1v) is 11.2. The van der Waals surface area contributed by atoms with Crippen LogP contribution in [0.1, 0.15) is 26.7 Å². The van der Waals surface area contributed by atoms with Gasteiger partial charge >= 0.3 is 0 Å². The summed E-state index contributed by atoms with van der Waals surface area (Å²) in [5, 5.41) is 23.4. The van der Waals surface area contributed by atoms with Crippen LogP contribution in [0, 0.1) is 10.1 Å². The monoisotopic (exact) mass is 450 g/mol. The fourth-order valence-corrected chi connectivity index (χ4v) is 4.37. The number of para-hydroxylation sites is 1. The van der Waals surface area contributed by atoms with E-state index in [2.05, 4.69) is 27.0 Å². The Kier molecular flexibility index (Phi) is 6.31. The van der Waals surface area contributed by atoms with E-state index in [1.165, 1.54) is 30.0 Å². The topological polar surface area (TPSA) is 116 Å². The van der Waals surface area contributed by atoms with Gasteiger partial charge in [0.1, 0.15) is 5.52 Å². The Morgan fingerprint density at radius 2 is 2.00 bits per heavy atom. The third kappa shape index (κ3) is 4.26. The maximum absolute atomic E-state index is 12.8. The Hall–Kier alpha value is -3.53. The predicted molar refractivity (Wildman–Crippen MR) is 125 cm³/mol. The normalized spacial score (nSPS) is 12.2. The summed E-state index contributed by atoms with van der Waals surface area (Å²) in [6.07, 6.45) is 1.48. The van der Waals surface area contributed by atoms with E-state index < -0.39 is 10.2 Å². The highest BCUT2D eigenvalue weighted by molar-refractivity contribution is 8.00. The highest BCUT2D eigenvalue weighted by Crippen LogP contribution is 2.29.